The second kappa shape index (κ2) is 5.72. The van der Waals surface area contributed by atoms with E-state index in [1.807, 2.05) is 16.8 Å². The molecule has 0 fully saturated rings. The van der Waals surface area contributed by atoms with Gasteiger partial charge in [-0.2, -0.15) is 21.1 Å². The predicted molar refractivity (Wildman–Crippen MR) is 85.3 cm³/mol. The van der Waals surface area contributed by atoms with E-state index in [0.29, 0.717) is 11.5 Å². The molecule has 116 valence electrons. The molecule has 6 nitrogen and oxygen atoms in total. The lowest BCUT2D eigenvalue weighted by atomic mass is 10.2. The molecule has 3 heterocycles. The van der Waals surface area contributed by atoms with Gasteiger partial charge in [0.2, 0.25) is 5.88 Å². The lowest BCUT2D eigenvalue weighted by molar-refractivity contribution is 0.446. The molecule has 0 N–H and O–H groups in total. The highest BCUT2D eigenvalue weighted by molar-refractivity contribution is 7.08. The van der Waals surface area contributed by atoms with Gasteiger partial charge in [-0.15, -0.1) is 15.3 Å². The molecular formula is C16H8FN5OS. The second-order valence-electron chi connectivity index (χ2n) is 4.80. The van der Waals surface area contributed by atoms with Crippen molar-refractivity contribution in [1.82, 2.24) is 19.8 Å². The smallest absolute Gasteiger partial charge is 0.237 e. The van der Waals surface area contributed by atoms with Crippen LogP contribution in [0, 0.1) is 17.1 Å². The Morgan fingerprint density at radius 2 is 2.08 bits per heavy atom. The molecule has 0 bridgehead atoms. The molecule has 0 aliphatic rings. The Hall–Kier alpha value is -3.31. The number of ether oxygens (including phenoxy) is 1. The van der Waals surface area contributed by atoms with E-state index >= 15 is 0 Å². The lowest BCUT2D eigenvalue weighted by Crippen LogP contribution is -1.99. The van der Waals surface area contributed by atoms with E-state index in [4.69, 9.17) is 10.00 Å². The van der Waals surface area contributed by atoms with Crippen molar-refractivity contribution < 1.29 is 9.13 Å². The van der Waals surface area contributed by atoms with E-state index in [-0.39, 0.29) is 17.2 Å². The average Bonchev–Trinajstić information content (AvgIpc) is 3.24. The maximum atomic E-state index is 13.7. The second-order valence-corrected chi connectivity index (χ2v) is 5.58. The zero-order valence-corrected chi connectivity index (χ0v) is 12.9. The SMILES string of the molecule is N#Cc1c(F)cccc1Oc1ccc2nnc(-c3ccsc3)n2n1. The molecule has 0 aliphatic carbocycles. The van der Waals surface area contributed by atoms with Crippen LogP contribution in [0.25, 0.3) is 17.0 Å². The molecule has 0 amide bonds. The van der Waals surface area contributed by atoms with E-state index in [0.717, 1.165) is 5.56 Å². The first-order valence-corrected chi connectivity index (χ1v) is 7.82. The minimum Gasteiger partial charge on any atom is -0.436 e. The standard InChI is InChI=1S/C16H8FN5OS/c17-12-2-1-3-13(11(12)8-18)23-15-5-4-14-19-20-16(22(14)21-15)10-6-7-24-9-10/h1-7,9H. The maximum absolute atomic E-state index is 13.7. The summed E-state index contributed by atoms with van der Waals surface area (Å²) in [5.74, 6) is 0.256. The third kappa shape index (κ3) is 2.37. The van der Waals surface area contributed by atoms with Crippen molar-refractivity contribution in [2.75, 3.05) is 0 Å². The number of hydrogen-bond donors (Lipinski definition) is 0. The van der Waals surface area contributed by atoms with E-state index in [1.165, 1.54) is 18.2 Å². The Balaban J connectivity index is 1.78. The number of rotatable bonds is 3. The van der Waals surface area contributed by atoms with Gasteiger partial charge in [0.05, 0.1) is 0 Å². The Kier molecular flexibility index (Phi) is 3.40. The minimum atomic E-state index is -0.640. The van der Waals surface area contributed by atoms with Gasteiger partial charge in [-0.3, -0.25) is 0 Å². The van der Waals surface area contributed by atoms with Crippen LogP contribution >= 0.6 is 11.3 Å². The van der Waals surface area contributed by atoms with Gasteiger partial charge in [-0.1, -0.05) is 6.07 Å². The molecule has 4 aromatic rings. The highest BCUT2D eigenvalue weighted by Gasteiger charge is 2.13. The van der Waals surface area contributed by atoms with Crippen LogP contribution in [0.5, 0.6) is 11.6 Å². The van der Waals surface area contributed by atoms with Crippen LogP contribution in [0.3, 0.4) is 0 Å². The number of hydrogen-bond acceptors (Lipinski definition) is 6. The first kappa shape index (κ1) is 14.3. The van der Waals surface area contributed by atoms with Gasteiger partial charge in [0.25, 0.3) is 0 Å². The van der Waals surface area contributed by atoms with Gasteiger partial charge in [0.15, 0.2) is 11.5 Å². The first-order valence-electron chi connectivity index (χ1n) is 6.88. The normalized spacial score (nSPS) is 10.7. The Morgan fingerprint density at radius 1 is 1.17 bits per heavy atom. The monoisotopic (exact) mass is 337 g/mol. The number of fused-ring (bicyclic) bond motifs is 1. The Bertz CT molecular complexity index is 1070. The summed E-state index contributed by atoms with van der Waals surface area (Å²) < 4.78 is 20.8. The summed E-state index contributed by atoms with van der Waals surface area (Å²) in [5.41, 5.74) is 1.28. The van der Waals surface area contributed by atoms with E-state index in [9.17, 15) is 4.39 Å². The number of aromatic nitrogens is 4. The summed E-state index contributed by atoms with van der Waals surface area (Å²) in [6, 6.07) is 11.2. The van der Waals surface area contributed by atoms with E-state index in [2.05, 4.69) is 15.3 Å². The van der Waals surface area contributed by atoms with E-state index in [1.54, 1.807) is 34.1 Å². The van der Waals surface area contributed by atoms with Gasteiger partial charge in [0.1, 0.15) is 23.2 Å². The number of nitriles is 1. The van der Waals surface area contributed by atoms with Gasteiger partial charge in [-0.05, 0) is 29.6 Å². The van der Waals surface area contributed by atoms with E-state index < -0.39 is 5.82 Å². The van der Waals surface area contributed by atoms with Crippen molar-refractivity contribution in [2.24, 2.45) is 0 Å². The molecule has 0 saturated carbocycles. The van der Waals surface area contributed by atoms with Crippen molar-refractivity contribution in [3.05, 3.63) is 58.5 Å². The van der Waals surface area contributed by atoms with Crippen LogP contribution in [0.15, 0.2) is 47.2 Å². The molecule has 0 radical (unpaired) electrons. The molecule has 24 heavy (non-hydrogen) atoms. The van der Waals surface area contributed by atoms with Crippen molar-refractivity contribution >= 4 is 17.0 Å². The quantitative estimate of drug-likeness (QED) is 0.570. The molecule has 3 aromatic heterocycles. The zero-order valence-electron chi connectivity index (χ0n) is 12.0. The molecule has 8 heteroatoms. The average molecular weight is 337 g/mol. The summed E-state index contributed by atoms with van der Waals surface area (Å²) in [7, 11) is 0. The van der Waals surface area contributed by atoms with Crippen molar-refractivity contribution in [2.45, 2.75) is 0 Å². The number of halogens is 1. The van der Waals surface area contributed by atoms with Crippen LogP contribution in [-0.4, -0.2) is 19.8 Å². The molecule has 0 atom stereocenters. The minimum absolute atomic E-state index is 0.106. The predicted octanol–water partition coefficient (Wildman–Crippen LogP) is 3.66. The fourth-order valence-electron chi connectivity index (χ4n) is 2.21. The molecular weight excluding hydrogens is 329 g/mol. The van der Waals surface area contributed by atoms with Crippen LogP contribution in [0.1, 0.15) is 5.56 Å². The van der Waals surface area contributed by atoms with Crippen LogP contribution in [0.2, 0.25) is 0 Å². The highest BCUT2D eigenvalue weighted by atomic mass is 32.1. The first-order chi connectivity index (χ1) is 11.8. The summed E-state index contributed by atoms with van der Waals surface area (Å²) in [6.45, 7) is 0. The van der Waals surface area contributed by atoms with Crippen molar-refractivity contribution in [3.8, 4) is 29.1 Å². The maximum Gasteiger partial charge on any atom is 0.237 e. The summed E-state index contributed by atoms with van der Waals surface area (Å²) in [6.07, 6.45) is 0. The topological polar surface area (TPSA) is 76.1 Å². The van der Waals surface area contributed by atoms with Gasteiger partial charge < -0.3 is 4.74 Å². The fourth-order valence-corrected chi connectivity index (χ4v) is 2.84. The van der Waals surface area contributed by atoms with Gasteiger partial charge in [0, 0.05) is 17.0 Å². The summed E-state index contributed by atoms with van der Waals surface area (Å²) in [4.78, 5) is 0. The molecule has 0 spiro atoms. The largest absolute Gasteiger partial charge is 0.436 e. The van der Waals surface area contributed by atoms with Crippen molar-refractivity contribution in [3.63, 3.8) is 0 Å². The molecule has 1 aromatic carbocycles. The lowest BCUT2D eigenvalue weighted by Gasteiger charge is -2.07. The molecule has 4 rings (SSSR count). The van der Waals surface area contributed by atoms with Crippen LogP contribution < -0.4 is 4.74 Å². The zero-order chi connectivity index (χ0) is 16.5. The van der Waals surface area contributed by atoms with Gasteiger partial charge >= 0.3 is 0 Å². The molecule has 0 saturated heterocycles. The third-order valence-corrected chi connectivity index (χ3v) is 4.00. The molecule has 0 aliphatic heterocycles. The molecule has 0 unspecified atom stereocenters. The van der Waals surface area contributed by atoms with Crippen LogP contribution in [-0.2, 0) is 0 Å². The Morgan fingerprint density at radius 3 is 2.88 bits per heavy atom. The van der Waals surface area contributed by atoms with Crippen LogP contribution in [0.4, 0.5) is 4.39 Å². The number of nitrogens with zero attached hydrogens (tertiary/aromatic N) is 5. The number of benzene rings is 1. The third-order valence-electron chi connectivity index (χ3n) is 3.32. The highest BCUT2D eigenvalue weighted by Crippen LogP contribution is 2.26. The van der Waals surface area contributed by atoms with Crippen molar-refractivity contribution in [1.29, 1.82) is 5.26 Å². The number of thiophene rings is 1. The fraction of sp³-hybridized carbons (Fsp3) is 0. The summed E-state index contributed by atoms with van der Waals surface area (Å²) in [5, 5.41) is 25.5. The van der Waals surface area contributed by atoms with Gasteiger partial charge in [-0.25, -0.2) is 4.39 Å². The Labute approximate surface area is 139 Å². The summed E-state index contributed by atoms with van der Waals surface area (Å²) >= 11 is 1.54.